The lowest BCUT2D eigenvalue weighted by molar-refractivity contribution is -0.126. The molecule has 1 aliphatic rings. The van der Waals surface area contributed by atoms with Crippen LogP contribution in [0.2, 0.25) is 0 Å². The second kappa shape index (κ2) is 8.90. The standard InChI is InChI=1S/C25H31N3O2/c1-4-18(2)19-10-12-21(13-11-19)30-15-7-14-28-23-9-6-5-8-22(23)26-25(28)20-16-24(29)27(3)17-20/h5-6,8-13,18,20H,4,7,14-17H2,1-3H3. The molecule has 1 aliphatic heterocycles. The van der Waals surface area contributed by atoms with Gasteiger partial charge < -0.3 is 14.2 Å². The average molecular weight is 406 g/mol. The predicted molar refractivity (Wildman–Crippen MR) is 120 cm³/mol. The number of ether oxygens (including phenoxy) is 1. The molecule has 2 atom stereocenters. The molecule has 2 heterocycles. The van der Waals surface area contributed by atoms with Crippen LogP contribution in [0.5, 0.6) is 5.75 Å². The number of likely N-dealkylation sites (tertiary alicyclic amines) is 1. The molecule has 5 nitrogen and oxygen atoms in total. The fourth-order valence-corrected chi connectivity index (χ4v) is 4.22. The van der Waals surface area contributed by atoms with E-state index in [2.05, 4.69) is 48.7 Å². The highest BCUT2D eigenvalue weighted by molar-refractivity contribution is 5.80. The molecule has 3 aromatic rings. The molecule has 2 unspecified atom stereocenters. The summed E-state index contributed by atoms with van der Waals surface area (Å²) in [4.78, 5) is 18.7. The van der Waals surface area contributed by atoms with E-state index in [1.54, 1.807) is 4.90 Å². The Morgan fingerprint density at radius 2 is 1.93 bits per heavy atom. The Morgan fingerprint density at radius 3 is 2.63 bits per heavy atom. The van der Waals surface area contributed by atoms with Crippen molar-refractivity contribution < 1.29 is 9.53 Å². The van der Waals surface area contributed by atoms with Crippen LogP contribution in [-0.4, -0.2) is 40.6 Å². The van der Waals surface area contributed by atoms with Gasteiger partial charge in [0.2, 0.25) is 5.91 Å². The summed E-state index contributed by atoms with van der Waals surface area (Å²) in [5.74, 6) is 2.87. The molecule has 1 aromatic heterocycles. The van der Waals surface area contributed by atoms with Crippen LogP contribution in [-0.2, 0) is 11.3 Å². The molecule has 2 aromatic carbocycles. The molecule has 4 rings (SSSR count). The summed E-state index contributed by atoms with van der Waals surface area (Å²) in [6.45, 7) is 6.68. The van der Waals surface area contributed by atoms with Gasteiger partial charge in [0.05, 0.1) is 17.6 Å². The highest BCUT2D eigenvalue weighted by atomic mass is 16.5. The zero-order valence-corrected chi connectivity index (χ0v) is 18.2. The number of carbonyl (C=O) groups excluding carboxylic acids is 1. The molecule has 158 valence electrons. The number of rotatable bonds is 8. The van der Waals surface area contributed by atoms with E-state index in [9.17, 15) is 4.79 Å². The fraction of sp³-hybridized carbons (Fsp3) is 0.440. The van der Waals surface area contributed by atoms with Crippen molar-refractivity contribution in [2.24, 2.45) is 0 Å². The molecule has 1 fully saturated rings. The lowest BCUT2D eigenvalue weighted by Gasteiger charge is -2.14. The van der Waals surface area contributed by atoms with E-state index in [4.69, 9.17) is 9.72 Å². The third kappa shape index (κ3) is 4.20. The number of hydrogen-bond donors (Lipinski definition) is 0. The van der Waals surface area contributed by atoms with Gasteiger partial charge in [0.15, 0.2) is 0 Å². The average Bonchev–Trinajstić information content (AvgIpc) is 3.30. The predicted octanol–water partition coefficient (Wildman–Crippen LogP) is 4.96. The summed E-state index contributed by atoms with van der Waals surface area (Å²) in [6.07, 6.45) is 2.57. The summed E-state index contributed by atoms with van der Waals surface area (Å²) in [5.41, 5.74) is 3.49. The molecule has 0 saturated carbocycles. The van der Waals surface area contributed by atoms with Crippen LogP contribution in [0.15, 0.2) is 48.5 Å². The van der Waals surface area contributed by atoms with Crippen LogP contribution in [0.3, 0.4) is 0 Å². The summed E-state index contributed by atoms with van der Waals surface area (Å²) in [7, 11) is 1.87. The summed E-state index contributed by atoms with van der Waals surface area (Å²) >= 11 is 0. The van der Waals surface area contributed by atoms with Gasteiger partial charge >= 0.3 is 0 Å². The molecule has 1 saturated heterocycles. The topological polar surface area (TPSA) is 47.4 Å². The minimum absolute atomic E-state index is 0.156. The van der Waals surface area contributed by atoms with Crippen molar-refractivity contribution in [3.8, 4) is 5.75 Å². The van der Waals surface area contributed by atoms with Crippen LogP contribution in [0.25, 0.3) is 11.0 Å². The summed E-state index contributed by atoms with van der Waals surface area (Å²) in [6, 6.07) is 16.7. The van der Waals surface area contributed by atoms with Gasteiger partial charge in [0, 0.05) is 32.5 Å². The Kier molecular flexibility index (Phi) is 6.07. The lowest BCUT2D eigenvalue weighted by Crippen LogP contribution is -2.19. The minimum Gasteiger partial charge on any atom is -0.494 e. The van der Waals surface area contributed by atoms with Crippen molar-refractivity contribution >= 4 is 16.9 Å². The number of imidazole rings is 1. The molecular weight excluding hydrogens is 374 g/mol. The van der Waals surface area contributed by atoms with E-state index in [-0.39, 0.29) is 11.8 Å². The second-order valence-corrected chi connectivity index (χ2v) is 8.37. The van der Waals surface area contributed by atoms with E-state index in [1.165, 1.54) is 5.56 Å². The Bertz CT molecular complexity index is 1010. The Labute approximate surface area is 178 Å². The van der Waals surface area contributed by atoms with Crippen LogP contribution < -0.4 is 4.74 Å². The first-order valence-corrected chi connectivity index (χ1v) is 11.0. The minimum atomic E-state index is 0.156. The van der Waals surface area contributed by atoms with Gasteiger partial charge in [0.1, 0.15) is 11.6 Å². The van der Waals surface area contributed by atoms with E-state index >= 15 is 0 Å². The van der Waals surface area contributed by atoms with Crippen molar-refractivity contribution in [3.05, 3.63) is 59.9 Å². The number of benzene rings is 2. The molecule has 0 aliphatic carbocycles. The maximum absolute atomic E-state index is 12.1. The van der Waals surface area contributed by atoms with Gasteiger partial charge in [-0.05, 0) is 48.6 Å². The molecule has 1 amide bonds. The molecular formula is C25H31N3O2. The Balaban J connectivity index is 1.42. The number of likely N-dealkylation sites (N-methyl/N-ethyl adjacent to an activating group) is 1. The van der Waals surface area contributed by atoms with Gasteiger partial charge in [-0.25, -0.2) is 4.98 Å². The molecule has 30 heavy (non-hydrogen) atoms. The first kappa shape index (κ1) is 20.5. The number of fused-ring (bicyclic) bond motifs is 1. The largest absolute Gasteiger partial charge is 0.494 e. The van der Waals surface area contributed by atoms with E-state index < -0.39 is 0 Å². The SMILES string of the molecule is CCC(C)c1ccc(OCCCn2c(C3CC(=O)N(C)C3)nc3ccccc32)cc1. The van der Waals surface area contributed by atoms with E-state index in [0.29, 0.717) is 18.9 Å². The van der Waals surface area contributed by atoms with Crippen molar-refractivity contribution in [1.29, 1.82) is 0 Å². The van der Waals surface area contributed by atoms with Crippen LogP contribution in [0.1, 0.15) is 56.3 Å². The van der Waals surface area contributed by atoms with Crippen molar-refractivity contribution in [2.75, 3.05) is 20.2 Å². The number of aryl methyl sites for hydroxylation is 1. The molecule has 0 bridgehead atoms. The van der Waals surface area contributed by atoms with Gasteiger partial charge in [-0.15, -0.1) is 0 Å². The molecule has 0 spiro atoms. The quantitative estimate of drug-likeness (QED) is 0.498. The number of nitrogens with zero attached hydrogens (tertiary/aromatic N) is 3. The van der Waals surface area contributed by atoms with Gasteiger partial charge in [-0.3, -0.25) is 4.79 Å². The van der Waals surface area contributed by atoms with Crippen LogP contribution in [0.4, 0.5) is 0 Å². The zero-order valence-electron chi connectivity index (χ0n) is 18.2. The number of para-hydroxylation sites is 2. The van der Waals surface area contributed by atoms with Crippen molar-refractivity contribution in [3.63, 3.8) is 0 Å². The first-order valence-electron chi connectivity index (χ1n) is 11.0. The maximum atomic E-state index is 12.1. The van der Waals surface area contributed by atoms with E-state index in [1.807, 2.05) is 25.2 Å². The molecule has 0 radical (unpaired) electrons. The monoisotopic (exact) mass is 405 g/mol. The first-order chi connectivity index (χ1) is 14.6. The second-order valence-electron chi connectivity index (χ2n) is 8.37. The number of amides is 1. The van der Waals surface area contributed by atoms with Crippen LogP contribution >= 0.6 is 0 Å². The highest BCUT2D eigenvalue weighted by Crippen LogP contribution is 2.30. The smallest absolute Gasteiger partial charge is 0.223 e. The zero-order chi connectivity index (χ0) is 21.1. The normalized spacial score (nSPS) is 17.6. The number of hydrogen-bond acceptors (Lipinski definition) is 3. The maximum Gasteiger partial charge on any atom is 0.223 e. The van der Waals surface area contributed by atoms with Crippen molar-refractivity contribution in [1.82, 2.24) is 14.5 Å². The Morgan fingerprint density at radius 1 is 1.17 bits per heavy atom. The van der Waals surface area contributed by atoms with Crippen molar-refractivity contribution in [2.45, 2.75) is 51.5 Å². The summed E-state index contributed by atoms with van der Waals surface area (Å²) in [5, 5.41) is 0. The summed E-state index contributed by atoms with van der Waals surface area (Å²) < 4.78 is 8.27. The van der Waals surface area contributed by atoms with Gasteiger partial charge in [0.25, 0.3) is 0 Å². The third-order valence-electron chi connectivity index (χ3n) is 6.25. The fourth-order valence-electron chi connectivity index (χ4n) is 4.22. The molecule has 0 N–H and O–H groups in total. The molecule has 5 heteroatoms. The number of aromatic nitrogens is 2. The lowest BCUT2D eigenvalue weighted by atomic mass is 9.99. The van der Waals surface area contributed by atoms with E-state index in [0.717, 1.165) is 48.5 Å². The highest BCUT2D eigenvalue weighted by Gasteiger charge is 2.31. The number of carbonyl (C=O) groups is 1. The van der Waals surface area contributed by atoms with Crippen LogP contribution in [0, 0.1) is 0 Å². The van der Waals surface area contributed by atoms with Gasteiger partial charge in [-0.1, -0.05) is 38.1 Å². The Hall–Kier alpha value is -2.82. The third-order valence-corrected chi connectivity index (χ3v) is 6.25. The van der Waals surface area contributed by atoms with Gasteiger partial charge in [-0.2, -0.15) is 0 Å².